The minimum atomic E-state index is -0.343. The van der Waals surface area contributed by atoms with Crippen LogP contribution in [0, 0.1) is 0 Å². The number of anilines is 2. The summed E-state index contributed by atoms with van der Waals surface area (Å²) in [6.45, 7) is 4.06. The monoisotopic (exact) mass is 376 g/mol. The average Bonchev–Trinajstić information content (AvgIpc) is 3.10. The number of rotatable bonds is 6. The number of nitrogens with zero attached hydrogens (tertiary/aromatic N) is 2. The Morgan fingerprint density at radius 1 is 0.857 bits per heavy atom. The van der Waals surface area contributed by atoms with Gasteiger partial charge < -0.3 is 10.6 Å². The van der Waals surface area contributed by atoms with Crippen molar-refractivity contribution in [2.75, 3.05) is 10.6 Å². The van der Waals surface area contributed by atoms with Crippen molar-refractivity contribution in [1.82, 2.24) is 9.78 Å². The highest BCUT2D eigenvalue weighted by Gasteiger charge is 2.19. The first-order chi connectivity index (χ1) is 13.5. The van der Waals surface area contributed by atoms with E-state index >= 15 is 0 Å². The van der Waals surface area contributed by atoms with Crippen LogP contribution >= 0.6 is 0 Å². The third-order valence-electron chi connectivity index (χ3n) is 4.64. The van der Waals surface area contributed by atoms with Crippen molar-refractivity contribution in [2.24, 2.45) is 7.05 Å². The van der Waals surface area contributed by atoms with Gasteiger partial charge in [-0.3, -0.25) is 14.3 Å². The first-order valence-electron chi connectivity index (χ1n) is 9.36. The van der Waals surface area contributed by atoms with Crippen molar-refractivity contribution in [3.05, 3.63) is 77.1 Å². The molecule has 144 valence electrons. The van der Waals surface area contributed by atoms with Gasteiger partial charge in [0.15, 0.2) is 5.69 Å². The van der Waals surface area contributed by atoms with Crippen LogP contribution in [0.5, 0.6) is 0 Å². The summed E-state index contributed by atoms with van der Waals surface area (Å²) < 4.78 is 1.42. The molecule has 2 N–H and O–H groups in total. The Labute approximate surface area is 164 Å². The molecule has 0 radical (unpaired) electrons. The summed E-state index contributed by atoms with van der Waals surface area (Å²) in [5, 5.41) is 10.00. The van der Waals surface area contributed by atoms with Crippen LogP contribution < -0.4 is 10.6 Å². The van der Waals surface area contributed by atoms with E-state index in [1.54, 1.807) is 7.05 Å². The molecule has 0 aliphatic heterocycles. The fourth-order valence-electron chi connectivity index (χ4n) is 3.06. The number of aromatic nitrogens is 2. The lowest BCUT2D eigenvalue weighted by Gasteiger charge is -2.09. The zero-order valence-corrected chi connectivity index (χ0v) is 16.3. The van der Waals surface area contributed by atoms with Crippen LogP contribution in [0.1, 0.15) is 46.0 Å². The lowest BCUT2D eigenvalue weighted by Crippen LogP contribution is -2.16. The van der Waals surface area contributed by atoms with E-state index in [9.17, 15) is 9.59 Å². The Balaban J connectivity index is 1.78. The molecule has 2 amide bonds. The Kier molecular flexibility index (Phi) is 5.89. The maximum Gasteiger partial charge on any atom is 0.276 e. The Morgan fingerprint density at radius 2 is 1.36 bits per heavy atom. The van der Waals surface area contributed by atoms with Gasteiger partial charge in [-0.2, -0.15) is 5.10 Å². The molecule has 0 atom stereocenters. The highest BCUT2D eigenvalue weighted by molar-refractivity contribution is 6.07. The van der Waals surface area contributed by atoms with E-state index in [4.69, 9.17) is 0 Å². The Hall–Kier alpha value is -3.41. The highest BCUT2D eigenvalue weighted by atomic mass is 16.2. The molecule has 6 nitrogen and oxygen atoms in total. The lowest BCUT2D eigenvalue weighted by molar-refractivity contribution is 0.101. The summed E-state index contributed by atoms with van der Waals surface area (Å²) in [6, 6.07) is 16.8. The SMILES string of the molecule is CCc1ccccc1NC(=O)c1cc(C(=O)Nc2ccccc2CC)n(C)n1. The molecule has 0 bridgehead atoms. The first kappa shape index (κ1) is 19.4. The number of amides is 2. The topological polar surface area (TPSA) is 76.0 Å². The number of nitrogens with one attached hydrogen (secondary N) is 2. The summed E-state index contributed by atoms with van der Waals surface area (Å²) in [4.78, 5) is 25.3. The molecule has 0 saturated heterocycles. The molecular formula is C22H24N4O2. The molecule has 6 heteroatoms. The van der Waals surface area contributed by atoms with Crippen LogP contribution in [-0.2, 0) is 19.9 Å². The van der Waals surface area contributed by atoms with E-state index in [-0.39, 0.29) is 17.5 Å². The largest absolute Gasteiger partial charge is 0.320 e. The van der Waals surface area contributed by atoms with Gasteiger partial charge >= 0.3 is 0 Å². The molecule has 1 aromatic heterocycles. The van der Waals surface area contributed by atoms with E-state index in [1.165, 1.54) is 10.7 Å². The van der Waals surface area contributed by atoms with Crippen LogP contribution in [0.25, 0.3) is 0 Å². The van der Waals surface area contributed by atoms with E-state index in [1.807, 2.05) is 62.4 Å². The zero-order chi connectivity index (χ0) is 20.1. The number of carbonyl (C=O) groups excluding carboxylic acids is 2. The van der Waals surface area contributed by atoms with Gasteiger partial charge in [-0.1, -0.05) is 50.2 Å². The van der Waals surface area contributed by atoms with Crippen molar-refractivity contribution in [3.8, 4) is 0 Å². The molecule has 0 aliphatic carbocycles. The van der Waals surface area contributed by atoms with Gasteiger partial charge in [0.2, 0.25) is 0 Å². The summed E-state index contributed by atoms with van der Waals surface area (Å²) >= 11 is 0. The second-order valence-corrected chi connectivity index (χ2v) is 6.47. The third-order valence-corrected chi connectivity index (χ3v) is 4.64. The molecule has 0 unspecified atom stereocenters. The minimum Gasteiger partial charge on any atom is -0.320 e. The standard InChI is InChI=1S/C22H24N4O2/c1-4-15-10-6-8-12-17(15)23-21(27)19-14-20(26(3)25-19)22(28)24-18-13-9-7-11-16(18)5-2/h6-14H,4-5H2,1-3H3,(H,23,27)(H,24,28). The normalized spacial score (nSPS) is 10.5. The summed E-state index contributed by atoms with van der Waals surface area (Å²) in [7, 11) is 1.65. The summed E-state index contributed by atoms with van der Waals surface area (Å²) in [6.07, 6.45) is 1.62. The molecule has 0 aliphatic rings. The third kappa shape index (κ3) is 4.11. The molecular weight excluding hydrogens is 352 g/mol. The molecule has 3 rings (SSSR count). The van der Waals surface area contributed by atoms with E-state index < -0.39 is 0 Å². The van der Waals surface area contributed by atoms with Crippen LogP contribution in [0.15, 0.2) is 54.6 Å². The van der Waals surface area contributed by atoms with Crippen molar-refractivity contribution in [1.29, 1.82) is 0 Å². The molecule has 3 aromatic rings. The molecule has 0 saturated carbocycles. The van der Waals surface area contributed by atoms with Gasteiger partial charge in [0.1, 0.15) is 5.69 Å². The number of carbonyl (C=O) groups is 2. The fourth-order valence-corrected chi connectivity index (χ4v) is 3.06. The molecule has 0 spiro atoms. The van der Waals surface area contributed by atoms with Crippen LogP contribution in [0.2, 0.25) is 0 Å². The number of benzene rings is 2. The molecule has 2 aromatic carbocycles. The number of hydrogen-bond donors (Lipinski definition) is 2. The smallest absolute Gasteiger partial charge is 0.276 e. The van der Waals surface area contributed by atoms with Crippen molar-refractivity contribution < 1.29 is 9.59 Å². The number of aryl methyl sites for hydroxylation is 3. The Bertz CT molecular complexity index is 1010. The number of hydrogen-bond acceptors (Lipinski definition) is 3. The predicted octanol–water partition coefficient (Wildman–Crippen LogP) is 4.05. The lowest BCUT2D eigenvalue weighted by atomic mass is 10.1. The van der Waals surface area contributed by atoms with Crippen LogP contribution in [0.4, 0.5) is 11.4 Å². The zero-order valence-electron chi connectivity index (χ0n) is 16.3. The summed E-state index contributed by atoms with van der Waals surface area (Å²) in [5.74, 6) is -0.645. The number of para-hydroxylation sites is 2. The van der Waals surface area contributed by atoms with Crippen molar-refractivity contribution in [3.63, 3.8) is 0 Å². The van der Waals surface area contributed by atoms with Gasteiger partial charge in [-0.05, 0) is 36.1 Å². The van der Waals surface area contributed by atoms with Gasteiger partial charge in [-0.15, -0.1) is 0 Å². The fraction of sp³-hybridized carbons (Fsp3) is 0.227. The highest BCUT2D eigenvalue weighted by Crippen LogP contribution is 2.18. The minimum absolute atomic E-state index is 0.197. The van der Waals surface area contributed by atoms with Gasteiger partial charge in [0.05, 0.1) is 0 Å². The molecule has 28 heavy (non-hydrogen) atoms. The van der Waals surface area contributed by atoms with Crippen molar-refractivity contribution in [2.45, 2.75) is 26.7 Å². The summed E-state index contributed by atoms with van der Waals surface area (Å²) in [5.41, 5.74) is 4.12. The quantitative estimate of drug-likeness (QED) is 0.681. The second-order valence-electron chi connectivity index (χ2n) is 6.47. The van der Waals surface area contributed by atoms with E-state index in [2.05, 4.69) is 15.7 Å². The maximum absolute atomic E-state index is 12.7. The second kappa shape index (κ2) is 8.52. The van der Waals surface area contributed by atoms with E-state index in [0.29, 0.717) is 5.69 Å². The molecule has 0 fully saturated rings. The van der Waals surface area contributed by atoms with Gasteiger partial charge in [0, 0.05) is 24.5 Å². The first-order valence-corrected chi connectivity index (χ1v) is 9.36. The van der Waals surface area contributed by atoms with E-state index in [0.717, 1.165) is 35.3 Å². The Morgan fingerprint density at radius 3 is 1.89 bits per heavy atom. The van der Waals surface area contributed by atoms with Crippen LogP contribution in [-0.4, -0.2) is 21.6 Å². The van der Waals surface area contributed by atoms with Crippen molar-refractivity contribution >= 4 is 23.2 Å². The van der Waals surface area contributed by atoms with Gasteiger partial charge in [-0.25, -0.2) is 0 Å². The average molecular weight is 376 g/mol. The van der Waals surface area contributed by atoms with Crippen LogP contribution in [0.3, 0.4) is 0 Å². The molecule has 1 heterocycles. The predicted molar refractivity (Wildman–Crippen MR) is 111 cm³/mol. The van der Waals surface area contributed by atoms with Gasteiger partial charge in [0.25, 0.3) is 11.8 Å². The maximum atomic E-state index is 12.7.